The molecule has 0 heterocycles. The molecule has 0 aliphatic heterocycles. The molecule has 0 spiro atoms. The van der Waals surface area contributed by atoms with Crippen LogP contribution in [0, 0.1) is 5.92 Å². The average Bonchev–Trinajstić information content (AvgIpc) is 2.45. The maximum Gasteiger partial charge on any atom is 0.407 e. The van der Waals surface area contributed by atoms with Gasteiger partial charge in [0.2, 0.25) is 0 Å². The smallest absolute Gasteiger partial charge is 0.407 e. The number of carboxylic acid groups (broad SMARTS) is 1. The molecule has 1 aromatic carbocycles. The van der Waals surface area contributed by atoms with Crippen molar-refractivity contribution in [3.8, 4) is 0 Å². The van der Waals surface area contributed by atoms with Gasteiger partial charge in [0, 0.05) is 12.5 Å². The van der Waals surface area contributed by atoms with E-state index in [1.807, 2.05) is 19.9 Å². The molecule has 1 unspecified atom stereocenters. The predicted molar refractivity (Wildman–Crippen MR) is 80.5 cm³/mol. The summed E-state index contributed by atoms with van der Waals surface area (Å²) < 4.78 is 4.86. The summed E-state index contributed by atoms with van der Waals surface area (Å²) in [6.07, 6.45) is 0.991. The van der Waals surface area contributed by atoms with Gasteiger partial charge in [0.25, 0.3) is 0 Å². The Morgan fingerprint density at radius 2 is 2.14 bits per heavy atom. The molecule has 1 rings (SSSR count). The van der Waals surface area contributed by atoms with E-state index in [1.54, 1.807) is 18.2 Å². The topological polar surface area (TPSA) is 75.6 Å². The second-order valence-electron chi connectivity index (χ2n) is 5.05. The molecule has 0 aliphatic rings. The fourth-order valence-electron chi connectivity index (χ4n) is 2.02. The van der Waals surface area contributed by atoms with Crippen molar-refractivity contribution in [2.75, 3.05) is 13.2 Å². The van der Waals surface area contributed by atoms with E-state index in [0.717, 1.165) is 5.56 Å². The number of ether oxygens (including phenoxy) is 1. The van der Waals surface area contributed by atoms with E-state index in [1.165, 1.54) is 6.08 Å². The van der Waals surface area contributed by atoms with Crippen molar-refractivity contribution >= 4 is 12.1 Å². The molecule has 0 saturated carbocycles. The molecule has 1 amide bonds. The van der Waals surface area contributed by atoms with Crippen molar-refractivity contribution in [1.29, 1.82) is 0 Å². The molecule has 5 nitrogen and oxygen atoms in total. The number of alkyl carbamates (subject to hydrolysis) is 1. The van der Waals surface area contributed by atoms with Crippen molar-refractivity contribution in [3.63, 3.8) is 0 Å². The Labute approximate surface area is 124 Å². The lowest BCUT2D eigenvalue weighted by Crippen LogP contribution is -2.31. The molecule has 5 heteroatoms. The Hall–Kier alpha value is -2.30. The highest BCUT2D eigenvalue weighted by atomic mass is 16.5. The summed E-state index contributed by atoms with van der Waals surface area (Å²) in [4.78, 5) is 22.5. The molecule has 1 atom stereocenters. The van der Waals surface area contributed by atoms with Crippen LogP contribution in [0.3, 0.4) is 0 Å². The number of hydrogen-bond donors (Lipinski definition) is 2. The van der Waals surface area contributed by atoms with Gasteiger partial charge in [-0.15, -0.1) is 0 Å². The normalized spacial score (nSPS) is 11.8. The average molecular weight is 291 g/mol. The molecule has 21 heavy (non-hydrogen) atoms. The highest BCUT2D eigenvalue weighted by molar-refractivity contribution is 5.87. The molecule has 2 N–H and O–H groups in total. The minimum atomic E-state index is -0.960. The summed E-state index contributed by atoms with van der Waals surface area (Å²) >= 11 is 0. The summed E-state index contributed by atoms with van der Waals surface area (Å²) in [7, 11) is 0. The van der Waals surface area contributed by atoms with Crippen molar-refractivity contribution < 1.29 is 19.4 Å². The standard InChI is InChI=1S/C16H21NO4/c1-4-8-21-16(20)17-10-14(11(2)3)12-6-5-7-13(9-12)15(18)19/h4-7,9,11,14H,1,8,10H2,2-3H3,(H,17,20)(H,18,19). The van der Waals surface area contributed by atoms with Crippen LogP contribution >= 0.6 is 0 Å². The van der Waals surface area contributed by atoms with E-state index in [-0.39, 0.29) is 24.0 Å². The van der Waals surface area contributed by atoms with E-state index in [4.69, 9.17) is 9.84 Å². The molecular formula is C16H21NO4. The van der Waals surface area contributed by atoms with Gasteiger partial charge in [0.15, 0.2) is 0 Å². The summed E-state index contributed by atoms with van der Waals surface area (Å²) in [6, 6.07) is 6.77. The molecule has 0 aromatic heterocycles. The van der Waals surface area contributed by atoms with E-state index in [9.17, 15) is 9.59 Å². The minimum Gasteiger partial charge on any atom is -0.478 e. The summed E-state index contributed by atoms with van der Waals surface area (Å²) in [5.74, 6) is -0.702. The van der Waals surface area contributed by atoms with E-state index in [2.05, 4.69) is 11.9 Å². The second kappa shape index (κ2) is 8.09. The molecule has 0 fully saturated rings. The van der Waals surface area contributed by atoms with Crippen LogP contribution < -0.4 is 5.32 Å². The zero-order valence-electron chi connectivity index (χ0n) is 12.3. The maximum atomic E-state index is 11.5. The van der Waals surface area contributed by atoms with E-state index < -0.39 is 12.1 Å². The zero-order valence-corrected chi connectivity index (χ0v) is 12.3. The van der Waals surface area contributed by atoms with Gasteiger partial charge in [-0.25, -0.2) is 9.59 Å². The lowest BCUT2D eigenvalue weighted by molar-refractivity contribution is 0.0696. The predicted octanol–water partition coefficient (Wildman–Crippen LogP) is 3.04. The minimum absolute atomic E-state index is 0.0144. The number of nitrogens with one attached hydrogen (secondary N) is 1. The first-order chi connectivity index (χ1) is 9.95. The van der Waals surface area contributed by atoms with E-state index in [0.29, 0.717) is 6.54 Å². The first-order valence-corrected chi connectivity index (χ1v) is 6.80. The Kier molecular flexibility index (Phi) is 6.46. The number of benzene rings is 1. The van der Waals surface area contributed by atoms with Crippen molar-refractivity contribution in [3.05, 3.63) is 48.0 Å². The number of carbonyl (C=O) groups excluding carboxylic acids is 1. The lowest BCUT2D eigenvalue weighted by Gasteiger charge is -2.22. The number of amides is 1. The lowest BCUT2D eigenvalue weighted by atomic mass is 9.87. The number of aromatic carboxylic acids is 1. The van der Waals surface area contributed by atoms with Gasteiger partial charge in [-0.2, -0.15) is 0 Å². The van der Waals surface area contributed by atoms with Crippen LogP contribution in [-0.4, -0.2) is 30.3 Å². The summed E-state index contributed by atoms with van der Waals surface area (Å²) in [5.41, 5.74) is 1.13. The number of hydrogen-bond acceptors (Lipinski definition) is 3. The first kappa shape index (κ1) is 16.8. The van der Waals surface area contributed by atoms with Crippen LogP contribution in [0.2, 0.25) is 0 Å². The highest BCUT2D eigenvalue weighted by Crippen LogP contribution is 2.24. The van der Waals surface area contributed by atoms with Gasteiger partial charge in [-0.05, 0) is 23.6 Å². The summed E-state index contributed by atoms with van der Waals surface area (Å²) in [6.45, 7) is 8.06. The fraction of sp³-hybridized carbons (Fsp3) is 0.375. The Morgan fingerprint density at radius 3 is 2.71 bits per heavy atom. The quantitative estimate of drug-likeness (QED) is 0.757. The summed E-state index contributed by atoms with van der Waals surface area (Å²) in [5, 5.41) is 11.7. The van der Waals surface area contributed by atoms with Gasteiger partial charge in [-0.1, -0.05) is 38.6 Å². The maximum absolute atomic E-state index is 11.5. The van der Waals surface area contributed by atoms with Gasteiger partial charge in [0.05, 0.1) is 5.56 Å². The van der Waals surface area contributed by atoms with Crippen LogP contribution in [0.5, 0.6) is 0 Å². The van der Waals surface area contributed by atoms with Gasteiger partial charge in [-0.3, -0.25) is 0 Å². The van der Waals surface area contributed by atoms with Gasteiger partial charge < -0.3 is 15.2 Å². The Bertz CT molecular complexity index is 511. The Balaban J connectivity index is 2.77. The third-order valence-corrected chi connectivity index (χ3v) is 3.17. The van der Waals surface area contributed by atoms with E-state index >= 15 is 0 Å². The largest absolute Gasteiger partial charge is 0.478 e. The molecule has 114 valence electrons. The third kappa shape index (κ3) is 5.30. The van der Waals surface area contributed by atoms with Crippen LogP contribution in [0.1, 0.15) is 35.7 Å². The van der Waals surface area contributed by atoms with Crippen LogP contribution in [-0.2, 0) is 4.74 Å². The number of carboxylic acids is 1. The van der Waals surface area contributed by atoms with Crippen molar-refractivity contribution in [2.24, 2.45) is 5.92 Å². The Morgan fingerprint density at radius 1 is 1.43 bits per heavy atom. The second-order valence-corrected chi connectivity index (χ2v) is 5.05. The van der Waals surface area contributed by atoms with Crippen molar-refractivity contribution in [2.45, 2.75) is 19.8 Å². The number of carbonyl (C=O) groups is 2. The SMILES string of the molecule is C=CCOC(=O)NCC(c1cccc(C(=O)O)c1)C(C)C. The first-order valence-electron chi connectivity index (χ1n) is 6.80. The van der Waals surface area contributed by atoms with Gasteiger partial charge in [0.1, 0.15) is 6.61 Å². The molecule has 0 bridgehead atoms. The fourth-order valence-corrected chi connectivity index (χ4v) is 2.02. The monoisotopic (exact) mass is 291 g/mol. The molecule has 0 aliphatic carbocycles. The highest BCUT2D eigenvalue weighted by Gasteiger charge is 2.18. The third-order valence-electron chi connectivity index (χ3n) is 3.17. The molecule has 1 aromatic rings. The number of rotatable bonds is 7. The van der Waals surface area contributed by atoms with Crippen LogP contribution in [0.15, 0.2) is 36.9 Å². The van der Waals surface area contributed by atoms with Crippen LogP contribution in [0.4, 0.5) is 4.79 Å². The van der Waals surface area contributed by atoms with Gasteiger partial charge >= 0.3 is 12.1 Å². The molecular weight excluding hydrogens is 270 g/mol. The van der Waals surface area contributed by atoms with Crippen LogP contribution in [0.25, 0.3) is 0 Å². The molecule has 0 radical (unpaired) electrons. The molecule has 0 saturated heterocycles. The zero-order chi connectivity index (χ0) is 15.8. The van der Waals surface area contributed by atoms with Crippen molar-refractivity contribution in [1.82, 2.24) is 5.32 Å².